The van der Waals surface area contributed by atoms with E-state index in [0.717, 1.165) is 31.9 Å². The predicted octanol–water partition coefficient (Wildman–Crippen LogP) is 1.62. The Morgan fingerprint density at radius 1 is 1.38 bits per heavy atom. The van der Waals surface area contributed by atoms with Crippen molar-refractivity contribution in [3.05, 3.63) is 24.3 Å². The van der Waals surface area contributed by atoms with Crippen molar-refractivity contribution < 1.29 is 4.79 Å². The molecular weight excluding hydrogens is 264 g/mol. The van der Waals surface area contributed by atoms with Crippen LogP contribution < -0.4 is 11.1 Å². The van der Waals surface area contributed by atoms with Gasteiger partial charge >= 0.3 is 0 Å². The SMILES string of the molecule is CN1CCN(CCC(=O)Nc2cccc(N)c2)CC1(C)C. The summed E-state index contributed by atoms with van der Waals surface area (Å²) in [6, 6.07) is 7.28. The topological polar surface area (TPSA) is 61.6 Å². The van der Waals surface area contributed by atoms with E-state index in [2.05, 4.69) is 36.0 Å². The molecule has 0 spiro atoms. The molecule has 5 nitrogen and oxygen atoms in total. The summed E-state index contributed by atoms with van der Waals surface area (Å²) in [6.07, 6.45) is 0.509. The zero-order valence-electron chi connectivity index (χ0n) is 13.2. The summed E-state index contributed by atoms with van der Waals surface area (Å²) in [4.78, 5) is 16.7. The van der Waals surface area contributed by atoms with Gasteiger partial charge in [-0.3, -0.25) is 14.6 Å². The Hall–Kier alpha value is -1.59. The summed E-state index contributed by atoms with van der Waals surface area (Å²) >= 11 is 0. The first-order chi connectivity index (χ1) is 9.87. The van der Waals surface area contributed by atoms with Gasteiger partial charge < -0.3 is 11.1 Å². The van der Waals surface area contributed by atoms with E-state index in [-0.39, 0.29) is 11.4 Å². The second-order valence-electron chi connectivity index (χ2n) is 6.43. The molecule has 0 radical (unpaired) electrons. The third-order valence-corrected chi connectivity index (χ3v) is 4.22. The van der Waals surface area contributed by atoms with Gasteiger partial charge in [0, 0.05) is 49.5 Å². The number of hydrogen-bond acceptors (Lipinski definition) is 4. The lowest BCUT2D eigenvalue weighted by atomic mass is 9.99. The largest absolute Gasteiger partial charge is 0.399 e. The van der Waals surface area contributed by atoms with Crippen LogP contribution in [-0.4, -0.2) is 54.5 Å². The lowest BCUT2D eigenvalue weighted by Gasteiger charge is -2.45. The molecule has 1 amide bonds. The molecule has 0 atom stereocenters. The van der Waals surface area contributed by atoms with Crippen LogP contribution in [0.5, 0.6) is 0 Å². The van der Waals surface area contributed by atoms with Crippen LogP contribution in [0.3, 0.4) is 0 Å². The molecule has 1 heterocycles. The highest BCUT2D eigenvalue weighted by Crippen LogP contribution is 2.19. The van der Waals surface area contributed by atoms with E-state index in [0.29, 0.717) is 12.1 Å². The summed E-state index contributed by atoms with van der Waals surface area (Å²) in [6.45, 7) is 8.34. The summed E-state index contributed by atoms with van der Waals surface area (Å²) in [5, 5.41) is 2.90. The Balaban J connectivity index is 1.79. The molecule has 0 unspecified atom stereocenters. The summed E-state index contributed by atoms with van der Waals surface area (Å²) < 4.78 is 0. The minimum atomic E-state index is 0.0392. The number of nitrogens with zero attached hydrogens (tertiary/aromatic N) is 2. The second kappa shape index (κ2) is 6.45. The van der Waals surface area contributed by atoms with E-state index in [1.165, 1.54) is 0 Å². The van der Waals surface area contributed by atoms with Gasteiger partial charge in [0.2, 0.25) is 5.91 Å². The molecule has 3 N–H and O–H groups in total. The number of likely N-dealkylation sites (N-methyl/N-ethyl adjacent to an activating group) is 1. The van der Waals surface area contributed by atoms with Crippen LogP contribution in [0.4, 0.5) is 11.4 Å². The summed E-state index contributed by atoms with van der Waals surface area (Å²) in [5.74, 6) is 0.0392. The molecule has 21 heavy (non-hydrogen) atoms. The number of rotatable bonds is 4. The van der Waals surface area contributed by atoms with Gasteiger partial charge in [0.25, 0.3) is 0 Å². The third-order valence-electron chi connectivity index (χ3n) is 4.22. The summed E-state index contributed by atoms with van der Waals surface area (Å²) in [7, 11) is 2.16. The number of piperazine rings is 1. The maximum Gasteiger partial charge on any atom is 0.225 e. The number of hydrogen-bond donors (Lipinski definition) is 2. The first-order valence-corrected chi connectivity index (χ1v) is 7.46. The van der Waals surface area contributed by atoms with Crippen LogP contribution in [-0.2, 0) is 4.79 Å². The Morgan fingerprint density at radius 3 is 2.81 bits per heavy atom. The van der Waals surface area contributed by atoms with Crippen molar-refractivity contribution in [2.75, 3.05) is 44.3 Å². The van der Waals surface area contributed by atoms with Gasteiger partial charge in [0.1, 0.15) is 0 Å². The number of carbonyl (C=O) groups excluding carboxylic acids is 1. The zero-order chi connectivity index (χ0) is 15.5. The van der Waals surface area contributed by atoms with Crippen LogP contribution in [0, 0.1) is 0 Å². The molecule has 1 aliphatic rings. The Bertz CT molecular complexity index is 501. The van der Waals surface area contributed by atoms with Crippen LogP contribution >= 0.6 is 0 Å². The first-order valence-electron chi connectivity index (χ1n) is 7.46. The van der Waals surface area contributed by atoms with Crippen LogP contribution in [0.15, 0.2) is 24.3 Å². The number of nitrogen functional groups attached to an aromatic ring is 1. The molecule has 5 heteroatoms. The molecule has 1 aromatic carbocycles. The van der Waals surface area contributed by atoms with E-state index in [1.807, 2.05) is 18.2 Å². The molecule has 0 aromatic heterocycles. The predicted molar refractivity (Wildman–Crippen MR) is 87.3 cm³/mol. The quantitative estimate of drug-likeness (QED) is 0.827. The van der Waals surface area contributed by atoms with Gasteiger partial charge in [0.05, 0.1) is 0 Å². The number of nitrogens with one attached hydrogen (secondary N) is 1. The van der Waals surface area contributed by atoms with E-state index in [9.17, 15) is 4.79 Å². The molecule has 1 fully saturated rings. The average Bonchev–Trinajstić information content (AvgIpc) is 2.40. The van der Waals surface area contributed by atoms with Gasteiger partial charge in [-0.05, 0) is 39.1 Å². The Kier molecular flexibility index (Phi) is 4.85. The fourth-order valence-corrected chi connectivity index (χ4v) is 2.63. The van der Waals surface area contributed by atoms with Crippen molar-refractivity contribution in [2.45, 2.75) is 25.8 Å². The highest BCUT2D eigenvalue weighted by atomic mass is 16.1. The number of nitrogens with two attached hydrogens (primary N) is 1. The van der Waals surface area contributed by atoms with E-state index in [4.69, 9.17) is 5.73 Å². The maximum atomic E-state index is 12.0. The highest BCUT2D eigenvalue weighted by Gasteiger charge is 2.30. The molecular formula is C16H26N4O. The fourth-order valence-electron chi connectivity index (χ4n) is 2.63. The highest BCUT2D eigenvalue weighted by molar-refractivity contribution is 5.91. The number of benzene rings is 1. The standard InChI is InChI=1S/C16H26N4O/c1-16(2)12-20(10-9-19(16)3)8-7-15(21)18-14-6-4-5-13(17)11-14/h4-6,11H,7-10,12,17H2,1-3H3,(H,18,21). The van der Waals surface area contributed by atoms with Crippen LogP contribution in [0.2, 0.25) is 0 Å². The van der Waals surface area contributed by atoms with Gasteiger partial charge in [-0.1, -0.05) is 6.07 Å². The Labute approximate surface area is 127 Å². The minimum Gasteiger partial charge on any atom is -0.399 e. The second-order valence-corrected chi connectivity index (χ2v) is 6.43. The van der Waals surface area contributed by atoms with Crippen molar-refractivity contribution >= 4 is 17.3 Å². The molecule has 1 aromatic rings. The van der Waals surface area contributed by atoms with Crippen molar-refractivity contribution in [3.63, 3.8) is 0 Å². The molecule has 2 rings (SSSR count). The molecule has 116 valence electrons. The van der Waals surface area contributed by atoms with Crippen LogP contribution in [0.1, 0.15) is 20.3 Å². The Morgan fingerprint density at radius 2 is 2.14 bits per heavy atom. The van der Waals surface area contributed by atoms with E-state index >= 15 is 0 Å². The lowest BCUT2D eigenvalue weighted by Crippen LogP contribution is -2.57. The normalized spacial score (nSPS) is 19.4. The maximum absolute atomic E-state index is 12.0. The number of amides is 1. The average molecular weight is 290 g/mol. The zero-order valence-corrected chi connectivity index (χ0v) is 13.2. The van der Waals surface area contributed by atoms with Gasteiger partial charge in [-0.2, -0.15) is 0 Å². The number of anilines is 2. The van der Waals surface area contributed by atoms with Gasteiger partial charge in [0.15, 0.2) is 0 Å². The molecule has 1 saturated heterocycles. The number of carbonyl (C=O) groups is 1. The smallest absolute Gasteiger partial charge is 0.225 e. The van der Waals surface area contributed by atoms with E-state index < -0.39 is 0 Å². The monoisotopic (exact) mass is 290 g/mol. The van der Waals surface area contributed by atoms with Gasteiger partial charge in [-0.25, -0.2) is 0 Å². The van der Waals surface area contributed by atoms with Crippen molar-refractivity contribution in [1.82, 2.24) is 9.80 Å². The third kappa shape index (κ3) is 4.44. The molecule has 0 bridgehead atoms. The van der Waals surface area contributed by atoms with Crippen molar-refractivity contribution in [2.24, 2.45) is 0 Å². The summed E-state index contributed by atoms with van der Waals surface area (Å²) in [5.41, 5.74) is 7.30. The van der Waals surface area contributed by atoms with Crippen molar-refractivity contribution in [3.8, 4) is 0 Å². The van der Waals surface area contributed by atoms with Crippen molar-refractivity contribution in [1.29, 1.82) is 0 Å². The van der Waals surface area contributed by atoms with Gasteiger partial charge in [-0.15, -0.1) is 0 Å². The molecule has 0 saturated carbocycles. The molecule has 0 aliphatic carbocycles. The molecule has 1 aliphatic heterocycles. The first kappa shape index (κ1) is 15.8. The van der Waals surface area contributed by atoms with Crippen LogP contribution in [0.25, 0.3) is 0 Å². The lowest BCUT2D eigenvalue weighted by molar-refractivity contribution is -0.116. The fraction of sp³-hybridized carbons (Fsp3) is 0.562. The van der Waals surface area contributed by atoms with E-state index in [1.54, 1.807) is 6.07 Å². The minimum absolute atomic E-state index is 0.0392.